The van der Waals surface area contributed by atoms with Gasteiger partial charge in [0, 0.05) is 18.7 Å². The van der Waals surface area contributed by atoms with Crippen LogP contribution < -0.4 is 5.32 Å². The number of carbonyl (C=O) groups is 1. The number of hydrogen-bond acceptors (Lipinski definition) is 6. The zero-order valence-electron chi connectivity index (χ0n) is 17.1. The van der Waals surface area contributed by atoms with E-state index in [1.165, 1.54) is 21.1 Å². The Morgan fingerprint density at radius 2 is 1.75 bits per heavy atom. The van der Waals surface area contributed by atoms with E-state index >= 15 is 0 Å². The molecule has 1 aliphatic rings. The number of rotatable bonds is 5. The fraction of sp³-hybridized carbons (Fsp3) is 0.300. The molecule has 0 aliphatic carbocycles. The number of sulfonamides is 1. The topological polar surface area (TPSA) is 110 Å². The van der Waals surface area contributed by atoms with Gasteiger partial charge in [0.25, 0.3) is 5.91 Å². The molecular weight excluding hydrogens is 442 g/mol. The fourth-order valence-electron chi connectivity index (χ4n) is 3.49. The molecule has 32 heavy (non-hydrogen) atoms. The number of nitrogens with zero attached hydrogens (tertiary/aromatic N) is 5. The summed E-state index contributed by atoms with van der Waals surface area (Å²) in [6.45, 7) is 2.25. The number of anilines is 1. The van der Waals surface area contributed by atoms with Crippen molar-refractivity contribution in [3.63, 3.8) is 0 Å². The molecule has 2 aromatic carbocycles. The van der Waals surface area contributed by atoms with E-state index in [9.17, 15) is 22.0 Å². The Labute approximate surface area is 183 Å². The lowest BCUT2D eigenvalue weighted by atomic mass is 10.2. The van der Waals surface area contributed by atoms with Crippen molar-refractivity contribution in [2.24, 2.45) is 0 Å². The zero-order chi connectivity index (χ0) is 22.9. The maximum atomic E-state index is 14.4. The molecule has 2 heterocycles. The minimum absolute atomic E-state index is 0.120. The molecule has 3 aromatic rings. The van der Waals surface area contributed by atoms with Gasteiger partial charge in [-0.15, -0.1) is 5.10 Å². The Hall–Kier alpha value is -3.25. The van der Waals surface area contributed by atoms with E-state index in [1.807, 2.05) is 0 Å². The highest BCUT2D eigenvalue weighted by atomic mass is 32.2. The van der Waals surface area contributed by atoms with E-state index in [0.717, 1.165) is 30.7 Å². The van der Waals surface area contributed by atoms with Crippen LogP contribution in [0.2, 0.25) is 0 Å². The summed E-state index contributed by atoms with van der Waals surface area (Å²) in [7, 11) is -4.09. The molecule has 0 bridgehead atoms. The Kier molecular flexibility index (Phi) is 5.98. The average Bonchev–Trinajstić information content (AvgIpc) is 3.22. The van der Waals surface area contributed by atoms with Crippen molar-refractivity contribution in [1.29, 1.82) is 0 Å². The van der Waals surface area contributed by atoms with Crippen LogP contribution in [-0.4, -0.2) is 51.9 Å². The van der Waals surface area contributed by atoms with Crippen molar-refractivity contribution in [1.82, 2.24) is 24.5 Å². The normalized spacial score (nSPS) is 15.0. The van der Waals surface area contributed by atoms with Gasteiger partial charge in [-0.1, -0.05) is 6.42 Å². The smallest absolute Gasteiger partial charge is 0.255 e. The number of tetrazole rings is 1. The first-order valence-electron chi connectivity index (χ1n) is 9.93. The molecule has 1 aromatic heterocycles. The number of aromatic nitrogens is 4. The van der Waals surface area contributed by atoms with Gasteiger partial charge >= 0.3 is 0 Å². The molecular formula is C20H20F2N6O3S. The van der Waals surface area contributed by atoms with Crippen LogP contribution in [0.1, 0.15) is 35.4 Å². The highest BCUT2D eigenvalue weighted by molar-refractivity contribution is 7.89. The molecule has 0 spiro atoms. The number of nitrogens with one attached hydrogen (secondary N) is 1. The zero-order valence-corrected chi connectivity index (χ0v) is 17.9. The van der Waals surface area contributed by atoms with Gasteiger partial charge in [0.1, 0.15) is 16.5 Å². The van der Waals surface area contributed by atoms with Gasteiger partial charge in [0.15, 0.2) is 5.82 Å². The standard InChI is InChI=1S/C20H20F2N6O3S/c1-13-24-25-26-28(13)15-6-8-16(21)18(12-15)23-20(29)14-5-7-17(22)19(11-14)32(30,31)27-9-3-2-4-10-27/h5-8,11-12H,2-4,9-10H2,1H3,(H,23,29). The second-order valence-electron chi connectivity index (χ2n) is 7.37. The van der Waals surface area contributed by atoms with Crippen LogP contribution in [0.3, 0.4) is 0 Å². The van der Waals surface area contributed by atoms with Crippen molar-refractivity contribution >= 4 is 21.6 Å². The third kappa shape index (κ3) is 4.23. The van der Waals surface area contributed by atoms with Crippen LogP contribution in [0.4, 0.5) is 14.5 Å². The van der Waals surface area contributed by atoms with Crippen molar-refractivity contribution < 1.29 is 22.0 Å². The van der Waals surface area contributed by atoms with Gasteiger partial charge in [-0.2, -0.15) is 8.99 Å². The number of aryl methyl sites for hydroxylation is 1. The third-order valence-electron chi connectivity index (χ3n) is 5.19. The highest BCUT2D eigenvalue weighted by Gasteiger charge is 2.29. The number of amides is 1. The first kappa shape index (κ1) is 22.0. The predicted molar refractivity (Wildman–Crippen MR) is 111 cm³/mol. The minimum Gasteiger partial charge on any atom is -0.319 e. The fourth-order valence-corrected chi connectivity index (χ4v) is 5.10. The van der Waals surface area contributed by atoms with Crippen LogP contribution in [0, 0.1) is 18.6 Å². The van der Waals surface area contributed by atoms with E-state index in [2.05, 4.69) is 20.8 Å². The molecule has 0 unspecified atom stereocenters. The van der Waals surface area contributed by atoms with Crippen LogP contribution in [-0.2, 0) is 10.0 Å². The van der Waals surface area contributed by atoms with Crippen molar-refractivity contribution in [3.05, 3.63) is 59.4 Å². The summed E-state index contributed by atoms with van der Waals surface area (Å²) >= 11 is 0. The summed E-state index contributed by atoms with van der Waals surface area (Å²) < 4.78 is 57.1. The van der Waals surface area contributed by atoms with Gasteiger partial charge in [-0.25, -0.2) is 17.2 Å². The van der Waals surface area contributed by atoms with E-state index in [4.69, 9.17) is 0 Å². The minimum atomic E-state index is -4.09. The largest absolute Gasteiger partial charge is 0.319 e. The number of hydrogen-bond donors (Lipinski definition) is 1. The first-order chi connectivity index (χ1) is 15.3. The highest BCUT2D eigenvalue weighted by Crippen LogP contribution is 2.25. The molecule has 1 amide bonds. The molecule has 0 atom stereocenters. The molecule has 168 valence electrons. The quantitative estimate of drug-likeness (QED) is 0.624. The molecule has 0 saturated carbocycles. The molecule has 1 aliphatic heterocycles. The number of piperidine rings is 1. The summed E-state index contributed by atoms with van der Waals surface area (Å²) in [5.74, 6) is -1.99. The molecule has 1 N–H and O–H groups in total. The lowest BCUT2D eigenvalue weighted by Crippen LogP contribution is -2.36. The monoisotopic (exact) mass is 462 g/mol. The second kappa shape index (κ2) is 8.71. The van der Waals surface area contributed by atoms with Crippen LogP contribution in [0.15, 0.2) is 41.3 Å². The lowest BCUT2D eigenvalue weighted by Gasteiger charge is -2.26. The number of halogens is 2. The van der Waals surface area contributed by atoms with Crippen LogP contribution >= 0.6 is 0 Å². The van der Waals surface area contributed by atoms with Gasteiger partial charge in [0.05, 0.1) is 11.4 Å². The van der Waals surface area contributed by atoms with Crippen molar-refractivity contribution in [2.75, 3.05) is 18.4 Å². The Morgan fingerprint density at radius 1 is 1.03 bits per heavy atom. The average molecular weight is 462 g/mol. The van der Waals surface area contributed by atoms with E-state index in [1.54, 1.807) is 6.92 Å². The van der Waals surface area contributed by atoms with Gasteiger partial charge in [-0.05, 0) is 66.6 Å². The van der Waals surface area contributed by atoms with E-state index in [-0.39, 0.29) is 11.3 Å². The molecule has 9 nitrogen and oxygen atoms in total. The van der Waals surface area contributed by atoms with E-state index < -0.39 is 32.5 Å². The molecule has 1 saturated heterocycles. The Bertz CT molecular complexity index is 1270. The SMILES string of the molecule is Cc1nnnn1-c1ccc(F)c(NC(=O)c2ccc(F)c(S(=O)(=O)N3CCCCC3)c2)c1. The second-order valence-corrected chi connectivity index (χ2v) is 9.27. The summed E-state index contributed by atoms with van der Waals surface area (Å²) in [4.78, 5) is 12.2. The van der Waals surface area contributed by atoms with E-state index in [0.29, 0.717) is 37.4 Å². The van der Waals surface area contributed by atoms with Gasteiger partial charge in [0.2, 0.25) is 10.0 Å². The van der Waals surface area contributed by atoms with Crippen LogP contribution in [0.25, 0.3) is 5.69 Å². The Morgan fingerprint density at radius 3 is 2.44 bits per heavy atom. The number of benzene rings is 2. The predicted octanol–water partition coefficient (Wildman–Crippen LogP) is 2.68. The summed E-state index contributed by atoms with van der Waals surface area (Å²) in [6, 6.07) is 6.96. The summed E-state index contributed by atoms with van der Waals surface area (Å²) in [5.41, 5.74) is 0.134. The van der Waals surface area contributed by atoms with Crippen LogP contribution in [0.5, 0.6) is 0 Å². The van der Waals surface area contributed by atoms with Crippen molar-refractivity contribution in [2.45, 2.75) is 31.1 Å². The maximum absolute atomic E-state index is 14.4. The third-order valence-corrected chi connectivity index (χ3v) is 7.11. The molecule has 12 heteroatoms. The lowest BCUT2D eigenvalue weighted by molar-refractivity contribution is 0.102. The van der Waals surface area contributed by atoms with Crippen molar-refractivity contribution in [3.8, 4) is 5.69 Å². The number of carbonyl (C=O) groups excluding carboxylic acids is 1. The molecule has 0 radical (unpaired) electrons. The molecule has 1 fully saturated rings. The van der Waals surface area contributed by atoms with Gasteiger partial charge < -0.3 is 5.32 Å². The maximum Gasteiger partial charge on any atom is 0.255 e. The summed E-state index contributed by atoms with van der Waals surface area (Å²) in [5, 5.41) is 13.5. The first-order valence-corrected chi connectivity index (χ1v) is 11.4. The summed E-state index contributed by atoms with van der Waals surface area (Å²) in [6.07, 6.45) is 2.29. The Balaban J connectivity index is 1.62. The molecule has 4 rings (SSSR count). The van der Waals surface area contributed by atoms with Gasteiger partial charge in [-0.3, -0.25) is 4.79 Å².